The smallest absolute Gasteiger partial charge is 0.337 e. The van der Waals surface area contributed by atoms with E-state index in [1.54, 1.807) is 0 Å². The highest BCUT2D eigenvalue weighted by molar-refractivity contribution is 7.89. The van der Waals surface area contributed by atoms with Gasteiger partial charge >= 0.3 is 11.9 Å². The summed E-state index contributed by atoms with van der Waals surface area (Å²) in [4.78, 5) is 21.7. The van der Waals surface area contributed by atoms with Gasteiger partial charge in [0.25, 0.3) is 0 Å². The van der Waals surface area contributed by atoms with Crippen molar-refractivity contribution in [3.8, 4) is 0 Å². The van der Waals surface area contributed by atoms with Gasteiger partial charge in [-0.05, 0) is 25.1 Å². The monoisotopic (exact) mass is 321 g/mol. The zero-order valence-corrected chi connectivity index (χ0v) is 12.2. The second kappa shape index (κ2) is 6.21. The van der Waals surface area contributed by atoms with Gasteiger partial charge in [0, 0.05) is 0 Å². The summed E-state index contributed by atoms with van der Waals surface area (Å²) in [5, 5.41) is 8.58. The molecule has 1 aromatic rings. The summed E-state index contributed by atoms with van der Waals surface area (Å²) in [5.41, 5.74) is -0.216. The Kier molecular flexibility index (Phi) is 5.09. The van der Waals surface area contributed by atoms with Crippen LogP contribution in [0.15, 0.2) is 23.1 Å². The van der Waals surface area contributed by atoms with Gasteiger partial charge in [-0.15, -0.1) is 0 Å². The molecule has 0 heterocycles. The molecule has 0 unspecified atom stereocenters. The molecule has 0 radical (unpaired) electrons. The SMILES string of the molecule is COC(=O)[C@H](C)NS(=O)(=O)c1ccc(C(=O)O)c(Cl)c1. The Morgan fingerprint density at radius 2 is 2.00 bits per heavy atom. The maximum Gasteiger partial charge on any atom is 0.337 e. The minimum absolute atomic E-state index is 0.216. The van der Waals surface area contributed by atoms with Crippen LogP contribution in [0.4, 0.5) is 0 Å². The zero-order valence-electron chi connectivity index (χ0n) is 10.6. The van der Waals surface area contributed by atoms with Gasteiger partial charge in [-0.3, -0.25) is 4.79 Å². The highest BCUT2D eigenvalue weighted by Gasteiger charge is 2.23. The number of carboxylic acids is 1. The maximum absolute atomic E-state index is 12.0. The molecule has 0 aliphatic heterocycles. The number of sulfonamides is 1. The van der Waals surface area contributed by atoms with Gasteiger partial charge < -0.3 is 9.84 Å². The lowest BCUT2D eigenvalue weighted by Crippen LogP contribution is -2.39. The molecule has 0 saturated carbocycles. The molecule has 0 aliphatic rings. The van der Waals surface area contributed by atoms with Crippen molar-refractivity contribution in [1.82, 2.24) is 4.72 Å². The van der Waals surface area contributed by atoms with Crippen LogP contribution in [0, 0.1) is 0 Å². The molecule has 0 aromatic heterocycles. The number of halogens is 1. The first kappa shape index (κ1) is 16.4. The average molecular weight is 322 g/mol. The number of rotatable bonds is 5. The molecule has 0 spiro atoms. The minimum Gasteiger partial charge on any atom is -0.478 e. The van der Waals surface area contributed by atoms with Crippen molar-refractivity contribution in [3.05, 3.63) is 28.8 Å². The standard InChI is InChI=1S/C11H12ClNO6S/c1-6(11(16)19-2)13-20(17,18)7-3-4-8(10(14)15)9(12)5-7/h3-6,13H,1-2H3,(H,14,15)/t6-/m0/s1. The van der Waals surface area contributed by atoms with E-state index in [1.807, 2.05) is 0 Å². The molecular weight excluding hydrogens is 310 g/mol. The van der Waals surface area contributed by atoms with Crippen LogP contribution < -0.4 is 4.72 Å². The zero-order chi connectivity index (χ0) is 15.5. The molecule has 1 atom stereocenters. The Bertz CT molecular complexity index is 642. The molecule has 7 nitrogen and oxygen atoms in total. The fraction of sp³-hybridized carbons (Fsp3) is 0.273. The number of ether oxygens (including phenoxy) is 1. The van der Waals surface area contributed by atoms with Gasteiger partial charge in [0.1, 0.15) is 6.04 Å². The number of aromatic carboxylic acids is 1. The fourth-order valence-corrected chi connectivity index (χ4v) is 2.91. The van der Waals surface area contributed by atoms with Gasteiger partial charge in [-0.25, -0.2) is 13.2 Å². The third kappa shape index (κ3) is 3.69. The number of carboxylic acid groups (broad SMARTS) is 1. The van der Waals surface area contributed by atoms with Crippen LogP contribution in [0.5, 0.6) is 0 Å². The van der Waals surface area contributed by atoms with E-state index in [1.165, 1.54) is 6.92 Å². The number of carbonyl (C=O) groups is 2. The Morgan fingerprint density at radius 3 is 2.45 bits per heavy atom. The third-order valence-corrected chi connectivity index (χ3v) is 4.22. The summed E-state index contributed by atoms with van der Waals surface area (Å²) in [5.74, 6) is -2.02. The molecule has 20 heavy (non-hydrogen) atoms. The topological polar surface area (TPSA) is 110 Å². The van der Waals surface area contributed by atoms with Crippen molar-refractivity contribution in [1.29, 1.82) is 0 Å². The summed E-state index contributed by atoms with van der Waals surface area (Å²) in [7, 11) is -2.88. The van der Waals surface area contributed by atoms with Crippen molar-refractivity contribution in [3.63, 3.8) is 0 Å². The van der Waals surface area contributed by atoms with Crippen molar-refractivity contribution in [2.75, 3.05) is 7.11 Å². The molecule has 9 heteroatoms. The van der Waals surface area contributed by atoms with E-state index in [-0.39, 0.29) is 15.5 Å². The van der Waals surface area contributed by atoms with Crippen molar-refractivity contribution >= 4 is 33.6 Å². The molecule has 0 amide bonds. The van der Waals surface area contributed by atoms with Gasteiger partial charge in [0.05, 0.1) is 22.6 Å². The lowest BCUT2D eigenvalue weighted by Gasteiger charge is -2.12. The second-order valence-corrected chi connectivity index (χ2v) is 5.93. The molecule has 0 fully saturated rings. The Morgan fingerprint density at radius 1 is 1.40 bits per heavy atom. The first-order valence-corrected chi connectivity index (χ1v) is 7.18. The molecule has 110 valence electrons. The Hall–Kier alpha value is -1.64. The molecule has 2 N–H and O–H groups in total. The largest absolute Gasteiger partial charge is 0.478 e. The second-order valence-electron chi connectivity index (χ2n) is 3.81. The molecule has 0 aliphatic carbocycles. The van der Waals surface area contributed by atoms with Crippen LogP contribution in [0.25, 0.3) is 0 Å². The number of methoxy groups -OCH3 is 1. The summed E-state index contributed by atoms with van der Waals surface area (Å²) in [6, 6.07) is 2.07. The predicted molar refractivity (Wildman–Crippen MR) is 70.2 cm³/mol. The summed E-state index contributed by atoms with van der Waals surface area (Å²) in [6.45, 7) is 1.32. The molecular formula is C11H12ClNO6S. The van der Waals surface area contributed by atoms with Crippen molar-refractivity contribution < 1.29 is 27.9 Å². The number of benzene rings is 1. The first-order chi connectivity index (χ1) is 9.19. The van der Waals surface area contributed by atoms with Crippen molar-refractivity contribution in [2.45, 2.75) is 17.9 Å². The number of esters is 1. The van der Waals surface area contributed by atoms with E-state index >= 15 is 0 Å². The van der Waals surface area contributed by atoms with Gasteiger partial charge in [-0.2, -0.15) is 4.72 Å². The van der Waals surface area contributed by atoms with Crippen LogP contribution in [-0.4, -0.2) is 38.6 Å². The normalized spacial score (nSPS) is 12.8. The lowest BCUT2D eigenvalue weighted by molar-refractivity contribution is -0.142. The van der Waals surface area contributed by atoms with E-state index in [0.717, 1.165) is 25.3 Å². The Balaban J connectivity index is 3.08. The van der Waals surface area contributed by atoms with Crippen LogP contribution >= 0.6 is 11.6 Å². The lowest BCUT2D eigenvalue weighted by atomic mass is 10.2. The van der Waals surface area contributed by atoms with Crippen LogP contribution in [0.1, 0.15) is 17.3 Å². The predicted octanol–water partition coefficient (Wildman–Crippen LogP) is 0.878. The first-order valence-electron chi connectivity index (χ1n) is 5.32. The quantitative estimate of drug-likeness (QED) is 0.779. The molecule has 0 saturated heterocycles. The van der Waals surface area contributed by atoms with Crippen molar-refractivity contribution in [2.24, 2.45) is 0 Å². The molecule has 0 bridgehead atoms. The fourth-order valence-electron chi connectivity index (χ4n) is 1.36. The average Bonchev–Trinajstić information content (AvgIpc) is 2.36. The van der Waals surface area contributed by atoms with E-state index in [0.29, 0.717) is 0 Å². The molecule has 1 aromatic carbocycles. The molecule has 1 rings (SSSR count). The van der Waals surface area contributed by atoms with E-state index < -0.39 is 28.0 Å². The summed E-state index contributed by atoms with van der Waals surface area (Å²) < 4.78 is 30.4. The minimum atomic E-state index is -4.01. The third-order valence-electron chi connectivity index (χ3n) is 2.37. The highest BCUT2D eigenvalue weighted by atomic mass is 35.5. The van der Waals surface area contributed by atoms with E-state index in [2.05, 4.69) is 9.46 Å². The summed E-state index contributed by atoms with van der Waals surface area (Å²) >= 11 is 5.69. The van der Waals surface area contributed by atoms with Gasteiger partial charge in [0.2, 0.25) is 10.0 Å². The number of nitrogens with one attached hydrogen (secondary N) is 1. The van der Waals surface area contributed by atoms with Crippen LogP contribution in [0.2, 0.25) is 5.02 Å². The van der Waals surface area contributed by atoms with Gasteiger partial charge in [0.15, 0.2) is 0 Å². The van der Waals surface area contributed by atoms with Crippen LogP contribution in [0.3, 0.4) is 0 Å². The van der Waals surface area contributed by atoms with E-state index in [9.17, 15) is 18.0 Å². The summed E-state index contributed by atoms with van der Waals surface area (Å²) in [6.07, 6.45) is 0. The number of hydrogen-bond acceptors (Lipinski definition) is 5. The number of hydrogen-bond donors (Lipinski definition) is 2. The van der Waals surface area contributed by atoms with E-state index in [4.69, 9.17) is 16.7 Å². The van der Waals surface area contributed by atoms with Crippen LogP contribution in [-0.2, 0) is 19.6 Å². The van der Waals surface area contributed by atoms with Gasteiger partial charge in [-0.1, -0.05) is 11.6 Å². The number of carbonyl (C=O) groups excluding carboxylic acids is 1. The maximum atomic E-state index is 12.0. The Labute approximate surface area is 120 Å². The highest BCUT2D eigenvalue weighted by Crippen LogP contribution is 2.21.